The number of fused-ring (bicyclic) bond motifs is 1. The van der Waals surface area contributed by atoms with Crippen LogP contribution in [0.25, 0.3) is 11.0 Å². The van der Waals surface area contributed by atoms with Crippen LogP contribution in [-0.2, 0) is 0 Å². The molecule has 3 aromatic rings. The molecule has 0 spiro atoms. The molecule has 0 saturated heterocycles. The second kappa shape index (κ2) is 6.28. The van der Waals surface area contributed by atoms with Crippen LogP contribution in [0.1, 0.15) is 25.3 Å². The summed E-state index contributed by atoms with van der Waals surface area (Å²) in [7, 11) is 0. The van der Waals surface area contributed by atoms with Gasteiger partial charge in [-0.15, -0.1) is 0 Å². The molecule has 4 rings (SSSR count). The molecule has 1 aliphatic carbocycles. The molecule has 0 amide bonds. The van der Waals surface area contributed by atoms with E-state index in [1.54, 1.807) is 22.9 Å². The van der Waals surface area contributed by atoms with E-state index in [0.717, 1.165) is 30.3 Å². The molecule has 1 unspecified atom stereocenters. The van der Waals surface area contributed by atoms with Gasteiger partial charge in [-0.2, -0.15) is 4.98 Å². The second-order valence-corrected chi connectivity index (χ2v) is 5.93. The Hall–Kier alpha value is -2.95. The Balaban J connectivity index is 1.81. The van der Waals surface area contributed by atoms with Crippen molar-refractivity contribution in [3.63, 3.8) is 0 Å². The molecule has 0 saturated carbocycles. The van der Waals surface area contributed by atoms with Crippen LogP contribution in [-0.4, -0.2) is 14.5 Å². The van der Waals surface area contributed by atoms with E-state index in [1.165, 1.54) is 0 Å². The minimum atomic E-state index is -0.0246. The molecule has 0 aliphatic heterocycles. The predicted molar refractivity (Wildman–Crippen MR) is 95.6 cm³/mol. The fourth-order valence-electron chi connectivity index (χ4n) is 3.08. The lowest BCUT2D eigenvalue weighted by Gasteiger charge is -2.20. The van der Waals surface area contributed by atoms with Gasteiger partial charge in [-0.25, -0.2) is 4.98 Å². The van der Waals surface area contributed by atoms with Gasteiger partial charge in [0.15, 0.2) is 0 Å². The molecule has 2 heterocycles. The van der Waals surface area contributed by atoms with Crippen molar-refractivity contribution in [2.24, 2.45) is 0 Å². The maximum atomic E-state index is 12.5. The number of nitrogens with zero attached hydrogens (tertiary/aromatic N) is 3. The zero-order valence-electron chi connectivity index (χ0n) is 13.2. The van der Waals surface area contributed by atoms with Crippen LogP contribution in [0, 0.1) is 0 Å². The molecule has 0 radical (unpaired) electrons. The highest BCUT2D eigenvalue weighted by Crippen LogP contribution is 2.24. The third-order valence-corrected chi connectivity index (χ3v) is 4.26. The molecule has 2 aromatic heterocycles. The molecule has 5 heteroatoms. The normalized spacial score (nSPS) is 17.1. The highest BCUT2D eigenvalue weighted by atomic mass is 16.1. The SMILES string of the molecule is O=c1ccc2cnc(Nc3ccccc3)nc2n1C1C=CCCC1. The average Bonchev–Trinajstić information content (AvgIpc) is 2.63. The summed E-state index contributed by atoms with van der Waals surface area (Å²) in [6.07, 6.45) is 9.13. The maximum Gasteiger partial charge on any atom is 0.252 e. The summed E-state index contributed by atoms with van der Waals surface area (Å²) in [5, 5.41) is 4.06. The second-order valence-electron chi connectivity index (χ2n) is 5.93. The van der Waals surface area contributed by atoms with Gasteiger partial charge in [-0.1, -0.05) is 30.4 Å². The summed E-state index contributed by atoms with van der Waals surface area (Å²) in [5.41, 5.74) is 1.56. The lowest BCUT2D eigenvalue weighted by Crippen LogP contribution is -2.25. The smallest absolute Gasteiger partial charge is 0.252 e. The Kier molecular flexibility index (Phi) is 3.83. The molecule has 1 N–H and O–H groups in total. The molecular weight excluding hydrogens is 300 g/mol. The van der Waals surface area contributed by atoms with E-state index < -0.39 is 0 Å². The number of para-hydroxylation sites is 1. The van der Waals surface area contributed by atoms with Gasteiger partial charge in [0, 0.05) is 23.3 Å². The molecule has 120 valence electrons. The van der Waals surface area contributed by atoms with E-state index in [0.29, 0.717) is 11.6 Å². The van der Waals surface area contributed by atoms with Crippen molar-refractivity contribution in [1.29, 1.82) is 0 Å². The highest BCUT2D eigenvalue weighted by Gasteiger charge is 2.16. The Bertz CT molecular complexity index is 946. The van der Waals surface area contributed by atoms with Crippen molar-refractivity contribution in [2.45, 2.75) is 25.3 Å². The minimum Gasteiger partial charge on any atom is -0.324 e. The Morgan fingerprint density at radius 1 is 1.12 bits per heavy atom. The van der Waals surface area contributed by atoms with Crippen LogP contribution in [0.2, 0.25) is 0 Å². The first-order valence-electron chi connectivity index (χ1n) is 8.18. The number of aromatic nitrogens is 3. The molecule has 24 heavy (non-hydrogen) atoms. The summed E-state index contributed by atoms with van der Waals surface area (Å²) in [6.45, 7) is 0. The van der Waals surface area contributed by atoms with Gasteiger partial charge >= 0.3 is 0 Å². The van der Waals surface area contributed by atoms with Gasteiger partial charge in [-0.05, 0) is 37.5 Å². The van der Waals surface area contributed by atoms with Gasteiger partial charge in [0.05, 0.1) is 6.04 Å². The number of benzene rings is 1. The highest BCUT2D eigenvalue weighted by molar-refractivity contribution is 5.76. The number of rotatable bonds is 3. The summed E-state index contributed by atoms with van der Waals surface area (Å²) >= 11 is 0. The van der Waals surface area contributed by atoms with Crippen LogP contribution in [0.3, 0.4) is 0 Å². The first-order chi connectivity index (χ1) is 11.8. The van der Waals surface area contributed by atoms with Crippen molar-refractivity contribution in [1.82, 2.24) is 14.5 Å². The number of anilines is 2. The van der Waals surface area contributed by atoms with Crippen LogP contribution in [0.5, 0.6) is 0 Å². The standard InChI is InChI=1S/C19H18N4O/c24-17-12-11-14-13-20-19(21-15-7-3-1-4-8-15)22-18(14)23(17)16-9-5-2-6-10-16/h1,3-5,7-9,11-13,16H,2,6,10H2,(H,20,21,22). The summed E-state index contributed by atoms with van der Waals surface area (Å²) in [5.74, 6) is 0.493. The topological polar surface area (TPSA) is 59.8 Å². The van der Waals surface area contributed by atoms with E-state index in [-0.39, 0.29) is 11.6 Å². The van der Waals surface area contributed by atoms with Crippen molar-refractivity contribution in [3.05, 3.63) is 71.2 Å². The Morgan fingerprint density at radius 2 is 2.00 bits per heavy atom. The van der Waals surface area contributed by atoms with Crippen LogP contribution >= 0.6 is 0 Å². The zero-order chi connectivity index (χ0) is 16.4. The number of pyridine rings is 1. The van der Waals surface area contributed by atoms with E-state index >= 15 is 0 Å². The largest absolute Gasteiger partial charge is 0.324 e. The molecule has 1 aromatic carbocycles. The Morgan fingerprint density at radius 3 is 2.79 bits per heavy atom. The van der Waals surface area contributed by atoms with E-state index in [1.807, 2.05) is 30.3 Å². The van der Waals surface area contributed by atoms with E-state index in [4.69, 9.17) is 0 Å². The van der Waals surface area contributed by atoms with Gasteiger partial charge in [0.2, 0.25) is 5.95 Å². The molecule has 0 bridgehead atoms. The molecule has 1 atom stereocenters. The number of hydrogen-bond acceptors (Lipinski definition) is 4. The molecule has 5 nitrogen and oxygen atoms in total. The quantitative estimate of drug-likeness (QED) is 0.746. The average molecular weight is 318 g/mol. The van der Waals surface area contributed by atoms with E-state index in [9.17, 15) is 4.79 Å². The Labute approximate surface area is 139 Å². The monoisotopic (exact) mass is 318 g/mol. The van der Waals surface area contributed by atoms with Gasteiger partial charge in [-0.3, -0.25) is 9.36 Å². The fraction of sp³-hybridized carbons (Fsp3) is 0.211. The lowest BCUT2D eigenvalue weighted by atomic mass is 10.0. The van der Waals surface area contributed by atoms with Crippen LogP contribution in [0.4, 0.5) is 11.6 Å². The molecule has 1 aliphatic rings. The molecule has 0 fully saturated rings. The number of allylic oxidation sites excluding steroid dienone is 2. The first-order valence-corrected chi connectivity index (χ1v) is 8.18. The predicted octanol–water partition coefficient (Wildman–Crippen LogP) is 3.82. The van der Waals surface area contributed by atoms with E-state index in [2.05, 4.69) is 27.4 Å². The maximum absolute atomic E-state index is 12.5. The summed E-state index contributed by atoms with van der Waals surface area (Å²) in [6, 6.07) is 13.2. The van der Waals surface area contributed by atoms with Crippen molar-refractivity contribution in [3.8, 4) is 0 Å². The van der Waals surface area contributed by atoms with Crippen molar-refractivity contribution < 1.29 is 0 Å². The number of nitrogens with one attached hydrogen (secondary N) is 1. The van der Waals surface area contributed by atoms with Crippen molar-refractivity contribution in [2.75, 3.05) is 5.32 Å². The zero-order valence-corrected chi connectivity index (χ0v) is 13.2. The summed E-state index contributed by atoms with van der Waals surface area (Å²) in [4.78, 5) is 21.4. The minimum absolute atomic E-state index is 0.0246. The molecular formula is C19H18N4O. The fourth-order valence-corrected chi connectivity index (χ4v) is 3.08. The summed E-state index contributed by atoms with van der Waals surface area (Å²) < 4.78 is 1.78. The van der Waals surface area contributed by atoms with Crippen LogP contribution in [0.15, 0.2) is 65.6 Å². The lowest BCUT2D eigenvalue weighted by molar-refractivity contribution is 0.515. The van der Waals surface area contributed by atoms with Crippen molar-refractivity contribution >= 4 is 22.7 Å². The third kappa shape index (κ3) is 2.80. The van der Waals surface area contributed by atoms with Gasteiger partial charge < -0.3 is 5.32 Å². The third-order valence-electron chi connectivity index (χ3n) is 4.26. The van der Waals surface area contributed by atoms with Gasteiger partial charge in [0.25, 0.3) is 5.56 Å². The van der Waals surface area contributed by atoms with Crippen LogP contribution < -0.4 is 10.9 Å². The first kappa shape index (κ1) is 14.6. The number of hydrogen-bond donors (Lipinski definition) is 1. The van der Waals surface area contributed by atoms with Gasteiger partial charge in [0.1, 0.15) is 5.65 Å².